The Morgan fingerprint density at radius 1 is 1.43 bits per heavy atom. The third-order valence-corrected chi connectivity index (χ3v) is 4.00. The van der Waals surface area contributed by atoms with Gasteiger partial charge in [-0.25, -0.2) is 14.8 Å². The van der Waals surface area contributed by atoms with E-state index in [1.165, 1.54) is 12.1 Å². The Hall–Kier alpha value is -2.28. The number of pyridine rings is 1. The molecule has 0 fully saturated rings. The van der Waals surface area contributed by atoms with Gasteiger partial charge in [0, 0.05) is 24.0 Å². The number of nitrogens with one attached hydrogen (secondary N) is 1. The summed E-state index contributed by atoms with van der Waals surface area (Å²) in [5.41, 5.74) is 0.634. The van der Waals surface area contributed by atoms with Gasteiger partial charge < -0.3 is 10.4 Å². The zero-order valence-corrected chi connectivity index (χ0v) is 12.5. The monoisotopic (exact) mass is 305 g/mol. The molecule has 1 unspecified atom stereocenters. The molecule has 0 aliphatic heterocycles. The highest BCUT2D eigenvalue weighted by Gasteiger charge is 2.14. The predicted molar refractivity (Wildman–Crippen MR) is 78.8 cm³/mol. The largest absolute Gasteiger partial charge is 0.478 e. The lowest BCUT2D eigenvalue weighted by molar-refractivity contribution is 0.0694. The molecule has 0 spiro atoms. The highest BCUT2D eigenvalue weighted by Crippen LogP contribution is 2.16. The van der Waals surface area contributed by atoms with E-state index in [1.807, 2.05) is 12.3 Å². The van der Waals surface area contributed by atoms with Gasteiger partial charge in [0.05, 0.1) is 16.3 Å². The molecule has 0 saturated carbocycles. The third-order valence-electron chi connectivity index (χ3n) is 2.99. The number of thiazole rings is 1. The first-order chi connectivity index (χ1) is 9.99. The Morgan fingerprint density at radius 3 is 2.76 bits per heavy atom. The maximum atomic E-state index is 12.0. The summed E-state index contributed by atoms with van der Waals surface area (Å²) in [6.45, 7) is 4.00. The average molecular weight is 305 g/mol. The first-order valence-electron chi connectivity index (χ1n) is 6.37. The zero-order chi connectivity index (χ0) is 15.4. The van der Waals surface area contributed by atoms with Crippen LogP contribution in [-0.4, -0.2) is 33.5 Å². The molecule has 21 heavy (non-hydrogen) atoms. The number of hydrogen-bond donors (Lipinski definition) is 2. The number of rotatable bonds is 5. The number of nitrogens with zero attached hydrogens (tertiary/aromatic N) is 2. The predicted octanol–water partition coefficient (Wildman–Crippen LogP) is 2.08. The minimum atomic E-state index is -1.05. The molecule has 0 bridgehead atoms. The van der Waals surface area contributed by atoms with Gasteiger partial charge in [-0.1, -0.05) is 6.92 Å². The fourth-order valence-electron chi connectivity index (χ4n) is 1.82. The molecule has 7 heteroatoms. The Morgan fingerprint density at radius 2 is 2.19 bits per heavy atom. The SMILES string of the molecule is Cc1nc(C(=O)NCC(C)c2nccs2)ccc1C(=O)O. The quantitative estimate of drug-likeness (QED) is 0.882. The molecule has 0 aliphatic carbocycles. The summed E-state index contributed by atoms with van der Waals surface area (Å²) in [6, 6.07) is 2.81. The molecule has 0 aliphatic rings. The van der Waals surface area contributed by atoms with Crippen molar-refractivity contribution in [3.63, 3.8) is 0 Å². The van der Waals surface area contributed by atoms with Crippen LogP contribution in [-0.2, 0) is 0 Å². The van der Waals surface area contributed by atoms with Crippen LogP contribution in [0.4, 0.5) is 0 Å². The summed E-state index contributed by atoms with van der Waals surface area (Å²) in [7, 11) is 0. The van der Waals surface area contributed by atoms with E-state index in [2.05, 4.69) is 15.3 Å². The number of hydrogen-bond acceptors (Lipinski definition) is 5. The van der Waals surface area contributed by atoms with Crippen LogP contribution in [0, 0.1) is 6.92 Å². The molecule has 2 rings (SSSR count). The number of carboxylic acid groups (broad SMARTS) is 1. The highest BCUT2D eigenvalue weighted by atomic mass is 32.1. The van der Waals surface area contributed by atoms with Gasteiger partial charge >= 0.3 is 5.97 Å². The van der Waals surface area contributed by atoms with Gasteiger partial charge in [0.2, 0.25) is 0 Å². The van der Waals surface area contributed by atoms with Crippen molar-refractivity contribution in [3.8, 4) is 0 Å². The zero-order valence-electron chi connectivity index (χ0n) is 11.7. The van der Waals surface area contributed by atoms with Crippen LogP contribution in [0.1, 0.15) is 44.4 Å². The van der Waals surface area contributed by atoms with Gasteiger partial charge in [-0.3, -0.25) is 4.79 Å². The molecule has 1 amide bonds. The second-order valence-electron chi connectivity index (χ2n) is 4.62. The first-order valence-corrected chi connectivity index (χ1v) is 7.25. The average Bonchev–Trinajstić information content (AvgIpc) is 2.98. The summed E-state index contributed by atoms with van der Waals surface area (Å²) in [5, 5.41) is 14.6. The van der Waals surface area contributed by atoms with E-state index in [0.29, 0.717) is 12.2 Å². The van der Waals surface area contributed by atoms with Crippen molar-refractivity contribution in [2.24, 2.45) is 0 Å². The highest BCUT2D eigenvalue weighted by molar-refractivity contribution is 7.09. The van der Waals surface area contributed by atoms with Gasteiger partial charge in [0.1, 0.15) is 5.69 Å². The van der Waals surface area contributed by atoms with Gasteiger partial charge in [0.15, 0.2) is 0 Å². The first kappa shape index (κ1) is 15.1. The van der Waals surface area contributed by atoms with Gasteiger partial charge in [-0.05, 0) is 19.1 Å². The number of carbonyl (C=O) groups is 2. The van der Waals surface area contributed by atoms with E-state index in [9.17, 15) is 9.59 Å². The molecule has 2 N–H and O–H groups in total. The molecule has 2 aromatic rings. The van der Waals surface area contributed by atoms with Crippen LogP contribution in [0.25, 0.3) is 0 Å². The van der Waals surface area contributed by atoms with Gasteiger partial charge in [-0.15, -0.1) is 11.3 Å². The van der Waals surface area contributed by atoms with Crippen molar-refractivity contribution in [2.75, 3.05) is 6.54 Å². The molecular weight excluding hydrogens is 290 g/mol. The minimum Gasteiger partial charge on any atom is -0.478 e. The van der Waals surface area contributed by atoms with Crippen LogP contribution < -0.4 is 5.32 Å². The number of amides is 1. The Labute approximate surface area is 125 Å². The van der Waals surface area contributed by atoms with Crippen LogP contribution in [0.15, 0.2) is 23.7 Å². The second kappa shape index (κ2) is 6.45. The van der Waals surface area contributed by atoms with Crippen LogP contribution in [0.2, 0.25) is 0 Å². The number of carboxylic acids is 1. The van der Waals surface area contributed by atoms with Crippen molar-refractivity contribution in [1.82, 2.24) is 15.3 Å². The lowest BCUT2D eigenvalue weighted by atomic mass is 10.1. The molecule has 2 heterocycles. The maximum Gasteiger partial charge on any atom is 0.337 e. The molecule has 0 saturated heterocycles. The van der Waals surface area contributed by atoms with E-state index in [1.54, 1.807) is 24.5 Å². The van der Waals surface area contributed by atoms with Crippen LogP contribution in [0.5, 0.6) is 0 Å². The smallest absolute Gasteiger partial charge is 0.337 e. The minimum absolute atomic E-state index is 0.0997. The van der Waals surface area contributed by atoms with E-state index >= 15 is 0 Å². The Kier molecular flexibility index (Phi) is 4.64. The molecule has 0 aromatic carbocycles. The fraction of sp³-hybridized carbons (Fsp3) is 0.286. The summed E-state index contributed by atoms with van der Waals surface area (Å²) in [6.07, 6.45) is 1.73. The van der Waals surface area contributed by atoms with E-state index < -0.39 is 5.97 Å². The summed E-state index contributed by atoms with van der Waals surface area (Å²) in [4.78, 5) is 31.1. The fourth-order valence-corrected chi connectivity index (χ4v) is 2.51. The number of aromatic nitrogens is 2. The van der Waals surface area contributed by atoms with Crippen LogP contribution >= 0.6 is 11.3 Å². The lowest BCUT2D eigenvalue weighted by Gasteiger charge is -2.10. The molecular formula is C14H15N3O3S. The van der Waals surface area contributed by atoms with Gasteiger partial charge in [0.25, 0.3) is 5.91 Å². The molecule has 0 radical (unpaired) electrons. The van der Waals surface area contributed by atoms with Crippen LogP contribution in [0.3, 0.4) is 0 Å². The standard InChI is InChI=1S/C14H15N3O3S/c1-8(13-15-5-6-21-13)7-16-12(18)11-4-3-10(14(19)20)9(2)17-11/h3-6,8H,7H2,1-2H3,(H,16,18)(H,19,20). The number of aryl methyl sites for hydroxylation is 1. The van der Waals surface area contributed by atoms with Crippen molar-refractivity contribution in [3.05, 3.63) is 45.7 Å². The normalized spacial score (nSPS) is 11.9. The number of carbonyl (C=O) groups excluding carboxylic acids is 1. The third kappa shape index (κ3) is 3.63. The molecule has 6 nitrogen and oxygen atoms in total. The summed E-state index contributed by atoms with van der Waals surface area (Å²) in [5.74, 6) is -1.25. The maximum absolute atomic E-state index is 12.0. The Bertz CT molecular complexity index is 655. The topological polar surface area (TPSA) is 92.2 Å². The van der Waals surface area contributed by atoms with Crippen molar-refractivity contribution in [1.29, 1.82) is 0 Å². The van der Waals surface area contributed by atoms with Gasteiger partial charge in [-0.2, -0.15) is 0 Å². The van der Waals surface area contributed by atoms with E-state index in [4.69, 9.17) is 5.11 Å². The van der Waals surface area contributed by atoms with Crippen molar-refractivity contribution >= 4 is 23.2 Å². The lowest BCUT2D eigenvalue weighted by Crippen LogP contribution is -2.28. The number of aromatic carboxylic acids is 1. The van der Waals surface area contributed by atoms with E-state index in [-0.39, 0.29) is 23.1 Å². The molecule has 1 atom stereocenters. The summed E-state index contributed by atoms with van der Waals surface area (Å²) >= 11 is 1.54. The second-order valence-corrected chi connectivity index (χ2v) is 5.54. The van der Waals surface area contributed by atoms with Crippen molar-refractivity contribution < 1.29 is 14.7 Å². The molecule has 110 valence electrons. The van der Waals surface area contributed by atoms with E-state index in [0.717, 1.165) is 5.01 Å². The Balaban J connectivity index is 2.00. The molecule has 2 aromatic heterocycles. The summed E-state index contributed by atoms with van der Waals surface area (Å²) < 4.78 is 0. The van der Waals surface area contributed by atoms with Crippen molar-refractivity contribution in [2.45, 2.75) is 19.8 Å².